The van der Waals surface area contributed by atoms with E-state index in [1.807, 2.05) is 6.07 Å². The molecule has 2 rings (SSSR count). The van der Waals surface area contributed by atoms with Crippen LogP contribution in [0.5, 0.6) is 0 Å². The summed E-state index contributed by atoms with van der Waals surface area (Å²) in [7, 11) is 0. The molecular formula is C12H8BrFN2. The molecule has 0 aliphatic heterocycles. The number of hydrogen-bond acceptors (Lipinski definition) is 2. The van der Waals surface area contributed by atoms with Gasteiger partial charge in [-0.3, -0.25) is 0 Å². The third kappa shape index (κ3) is 2.73. The van der Waals surface area contributed by atoms with Gasteiger partial charge in [0.25, 0.3) is 0 Å². The first-order chi connectivity index (χ1) is 7.75. The van der Waals surface area contributed by atoms with Crippen LogP contribution in [-0.2, 0) is 0 Å². The van der Waals surface area contributed by atoms with Crippen molar-refractivity contribution in [3.05, 3.63) is 58.4 Å². The Hall–Kier alpha value is -1.55. The minimum Gasteiger partial charge on any atom is -0.236 e. The SMILES string of the molecule is Fc1ccccc1C=Nc1ccc(Br)cn1. The van der Waals surface area contributed by atoms with Gasteiger partial charge in [-0.15, -0.1) is 0 Å². The van der Waals surface area contributed by atoms with Crippen LogP contribution in [0.3, 0.4) is 0 Å². The first-order valence-electron chi connectivity index (χ1n) is 4.66. The van der Waals surface area contributed by atoms with E-state index in [9.17, 15) is 4.39 Å². The van der Waals surface area contributed by atoms with Gasteiger partial charge in [-0.25, -0.2) is 14.4 Å². The molecule has 0 bridgehead atoms. The molecular weight excluding hydrogens is 271 g/mol. The first kappa shape index (κ1) is 11.0. The van der Waals surface area contributed by atoms with Crippen molar-refractivity contribution >= 4 is 28.0 Å². The number of aromatic nitrogens is 1. The summed E-state index contributed by atoms with van der Waals surface area (Å²) in [5.74, 6) is 0.259. The van der Waals surface area contributed by atoms with Crippen molar-refractivity contribution in [2.24, 2.45) is 4.99 Å². The van der Waals surface area contributed by atoms with Crippen molar-refractivity contribution in [3.63, 3.8) is 0 Å². The van der Waals surface area contributed by atoms with Gasteiger partial charge in [-0.2, -0.15) is 0 Å². The minimum atomic E-state index is -0.289. The van der Waals surface area contributed by atoms with Crippen molar-refractivity contribution in [2.45, 2.75) is 0 Å². The Labute approximate surface area is 101 Å². The normalized spacial score (nSPS) is 10.9. The van der Waals surface area contributed by atoms with E-state index in [0.29, 0.717) is 11.4 Å². The fourth-order valence-electron chi connectivity index (χ4n) is 1.16. The van der Waals surface area contributed by atoms with E-state index < -0.39 is 0 Å². The molecule has 0 fully saturated rings. The topological polar surface area (TPSA) is 25.2 Å². The summed E-state index contributed by atoms with van der Waals surface area (Å²) in [5, 5.41) is 0. The van der Waals surface area contributed by atoms with Crippen LogP contribution in [0.15, 0.2) is 52.1 Å². The Balaban J connectivity index is 2.21. The molecule has 0 aliphatic rings. The molecule has 2 aromatic rings. The highest BCUT2D eigenvalue weighted by Crippen LogP contribution is 2.13. The summed E-state index contributed by atoms with van der Waals surface area (Å²) in [5.41, 5.74) is 0.451. The van der Waals surface area contributed by atoms with Crippen molar-refractivity contribution in [1.82, 2.24) is 4.98 Å². The van der Waals surface area contributed by atoms with E-state index in [1.54, 1.807) is 30.5 Å². The lowest BCUT2D eigenvalue weighted by Crippen LogP contribution is -1.86. The van der Waals surface area contributed by atoms with Gasteiger partial charge in [0.1, 0.15) is 5.82 Å². The minimum absolute atomic E-state index is 0.289. The Morgan fingerprint density at radius 2 is 2.00 bits per heavy atom. The predicted molar refractivity (Wildman–Crippen MR) is 65.6 cm³/mol. The molecule has 0 aliphatic carbocycles. The Kier molecular flexibility index (Phi) is 3.41. The van der Waals surface area contributed by atoms with E-state index in [2.05, 4.69) is 25.9 Å². The molecule has 2 nitrogen and oxygen atoms in total. The van der Waals surface area contributed by atoms with Gasteiger partial charge in [-0.1, -0.05) is 18.2 Å². The van der Waals surface area contributed by atoms with Crippen molar-refractivity contribution in [2.75, 3.05) is 0 Å². The number of hydrogen-bond donors (Lipinski definition) is 0. The number of halogens is 2. The maximum Gasteiger partial charge on any atom is 0.151 e. The summed E-state index contributed by atoms with van der Waals surface area (Å²) < 4.78 is 14.1. The van der Waals surface area contributed by atoms with E-state index in [1.165, 1.54) is 12.3 Å². The van der Waals surface area contributed by atoms with Crippen LogP contribution in [-0.4, -0.2) is 11.2 Å². The number of pyridine rings is 1. The third-order valence-corrected chi connectivity index (χ3v) is 2.42. The van der Waals surface area contributed by atoms with Crippen LogP contribution in [0, 0.1) is 5.82 Å². The zero-order valence-corrected chi connectivity index (χ0v) is 9.86. The molecule has 0 saturated heterocycles. The van der Waals surface area contributed by atoms with Crippen LogP contribution in [0.1, 0.15) is 5.56 Å². The average molecular weight is 279 g/mol. The van der Waals surface area contributed by atoms with Crippen molar-refractivity contribution in [1.29, 1.82) is 0 Å². The molecule has 1 aromatic heterocycles. The molecule has 1 aromatic carbocycles. The zero-order valence-electron chi connectivity index (χ0n) is 8.27. The van der Waals surface area contributed by atoms with Gasteiger partial charge in [-0.05, 0) is 34.1 Å². The molecule has 0 amide bonds. The maximum atomic E-state index is 13.2. The lowest BCUT2D eigenvalue weighted by molar-refractivity contribution is 0.626. The standard InChI is InChI=1S/C12H8BrFN2/c13-10-5-6-12(16-8-10)15-7-9-3-1-2-4-11(9)14/h1-8H. The lowest BCUT2D eigenvalue weighted by Gasteiger charge is -1.95. The van der Waals surface area contributed by atoms with Gasteiger partial charge in [0.15, 0.2) is 5.82 Å². The molecule has 0 spiro atoms. The molecule has 0 atom stereocenters. The van der Waals surface area contributed by atoms with Crippen molar-refractivity contribution in [3.8, 4) is 0 Å². The second-order valence-electron chi connectivity index (χ2n) is 3.11. The van der Waals surface area contributed by atoms with Gasteiger partial charge in [0.2, 0.25) is 0 Å². The van der Waals surface area contributed by atoms with Gasteiger partial charge in [0, 0.05) is 22.4 Å². The number of benzene rings is 1. The first-order valence-corrected chi connectivity index (χ1v) is 5.45. The maximum absolute atomic E-state index is 13.2. The lowest BCUT2D eigenvalue weighted by atomic mass is 10.2. The van der Waals surface area contributed by atoms with Gasteiger partial charge < -0.3 is 0 Å². The second-order valence-corrected chi connectivity index (χ2v) is 4.03. The fourth-order valence-corrected chi connectivity index (χ4v) is 1.39. The zero-order chi connectivity index (χ0) is 11.4. The number of nitrogens with zero attached hydrogens (tertiary/aromatic N) is 2. The summed E-state index contributed by atoms with van der Waals surface area (Å²) in [4.78, 5) is 8.14. The molecule has 0 saturated carbocycles. The van der Waals surface area contributed by atoms with Gasteiger partial charge in [0.05, 0.1) is 0 Å². The highest BCUT2D eigenvalue weighted by atomic mass is 79.9. The fraction of sp³-hybridized carbons (Fsp3) is 0. The summed E-state index contributed by atoms with van der Waals surface area (Å²) in [6, 6.07) is 10.1. The van der Waals surface area contributed by atoms with Gasteiger partial charge >= 0.3 is 0 Å². The smallest absolute Gasteiger partial charge is 0.151 e. The number of aliphatic imine (C=N–C) groups is 1. The molecule has 0 radical (unpaired) electrons. The third-order valence-electron chi connectivity index (χ3n) is 1.95. The highest BCUT2D eigenvalue weighted by molar-refractivity contribution is 9.10. The Morgan fingerprint density at radius 1 is 1.19 bits per heavy atom. The van der Waals surface area contributed by atoms with Crippen LogP contribution in [0.4, 0.5) is 10.2 Å². The summed E-state index contributed by atoms with van der Waals surface area (Å²) in [6.07, 6.45) is 3.11. The van der Waals surface area contributed by atoms with E-state index >= 15 is 0 Å². The Morgan fingerprint density at radius 3 is 2.69 bits per heavy atom. The van der Waals surface area contributed by atoms with Crippen LogP contribution in [0.2, 0.25) is 0 Å². The average Bonchev–Trinajstić information content (AvgIpc) is 2.30. The van der Waals surface area contributed by atoms with Crippen molar-refractivity contribution < 1.29 is 4.39 Å². The van der Waals surface area contributed by atoms with Crippen LogP contribution in [0.25, 0.3) is 0 Å². The molecule has 80 valence electrons. The summed E-state index contributed by atoms with van der Waals surface area (Å²) in [6.45, 7) is 0. The summed E-state index contributed by atoms with van der Waals surface area (Å²) >= 11 is 3.28. The molecule has 0 unspecified atom stereocenters. The number of rotatable bonds is 2. The Bertz CT molecular complexity index is 509. The van der Waals surface area contributed by atoms with E-state index in [-0.39, 0.29) is 5.82 Å². The molecule has 16 heavy (non-hydrogen) atoms. The van der Waals surface area contributed by atoms with Crippen LogP contribution < -0.4 is 0 Å². The molecule has 0 N–H and O–H groups in total. The predicted octanol–water partition coefficient (Wildman–Crippen LogP) is 3.73. The highest BCUT2D eigenvalue weighted by Gasteiger charge is 1.96. The quantitative estimate of drug-likeness (QED) is 0.769. The van der Waals surface area contributed by atoms with E-state index in [4.69, 9.17) is 0 Å². The molecule has 4 heteroatoms. The monoisotopic (exact) mass is 278 g/mol. The largest absolute Gasteiger partial charge is 0.236 e. The van der Waals surface area contributed by atoms with Crippen LogP contribution >= 0.6 is 15.9 Å². The van der Waals surface area contributed by atoms with E-state index in [0.717, 1.165) is 4.47 Å². The second kappa shape index (κ2) is 4.99. The molecule has 1 heterocycles.